The molecular weight excluding hydrogens is 254 g/mol. The number of rotatable bonds is 3. The third-order valence-corrected chi connectivity index (χ3v) is 4.73. The van der Waals surface area contributed by atoms with Gasteiger partial charge in [-0.25, -0.2) is 9.97 Å². The second-order valence-electron chi connectivity index (χ2n) is 4.68. The van der Waals surface area contributed by atoms with Gasteiger partial charge in [0.05, 0.1) is 0 Å². The molecule has 19 heavy (non-hydrogen) atoms. The summed E-state index contributed by atoms with van der Waals surface area (Å²) in [5.41, 5.74) is 0. The van der Waals surface area contributed by atoms with E-state index in [0.29, 0.717) is 0 Å². The summed E-state index contributed by atoms with van der Waals surface area (Å²) in [5, 5.41) is 0.723. The minimum atomic E-state index is 0.723. The second kappa shape index (κ2) is 6.06. The van der Waals surface area contributed by atoms with Crippen LogP contribution in [0.3, 0.4) is 0 Å². The first-order valence-electron chi connectivity index (χ1n) is 6.64. The molecule has 3 nitrogen and oxygen atoms in total. The zero-order valence-corrected chi connectivity index (χ0v) is 11.6. The van der Waals surface area contributed by atoms with Crippen LogP contribution in [0, 0.1) is 0 Å². The molecule has 2 aromatic rings. The highest BCUT2D eigenvalue weighted by molar-refractivity contribution is 8.00. The Morgan fingerprint density at radius 3 is 2.53 bits per heavy atom. The highest BCUT2D eigenvalue weighted by Gasteiger charge is 2.20. The quantitative estimate of drug-likeness (QED) is 0.857. The van der Waals surface area contributed by atoms with Gasteiger partial charge in [0, 0.05) is 29.4 Å². The van der Waals surface area contributed by atoms with Crippen LogP contribution in [0.4, 0.5) is 5.82 Å². The number of anilines is 1. The van der Waals surface area contributed by atoms with Crippen molar-refractivity contribution < 1.29 is 0 Å². The van der Waals surface area contributed by atoms with Crippen LogP contribution in [0.5, 0.6) is 0 Å². The summed E-state index contributed by atoms with van der Waals surface area (Å²) in [6.07, 6.45) is 5.86. The summed E-state index contributed by atoms with van der Waals surface area (Å²) in [6.45, 7) is 2.17. The fraction of sp³-hybridized carbons (Fsp3) is 0.333. The largest absolute Gasteiger partial charge is 0.356 e. The molecule has 1 aliphatic rings. The minimum absolute atomic E-state index is 0.723. The second-order valence-corrected chi connectivity index (χ2v) is 6.06. The number of piperidine rings is 1. The topological polar surface area (TPSA) is 29.0 Å². The van der Waals surface area contributed by atoms with Gasteiger partial charge in [0.2, 0.25) is 0 Å². The van der Waals surface area contributed by atoms with Gasteiger partial charge in [0.25, 0.3) is 0 Å². The van der Waals surface area contributed by atoms with E-state index in [1.54, 1.807) is 6.33 Å². The van der Waals surface area contributed by atoms with Crippen LogP contribution >= 0.6 is 11.8 Å². The molecule has 0 saturated carbocycles. The average molecular weight is 271 g/mol. The van der Waals surface area contributed by atoms with Crippen molar-refractivity contribution in [3.63, 3.8) is 0 Å². The van der Waals surface area contributed by atoms with E-state index in [1.165, 1.54) is 17.7 Å². The van der Waals surface area contributed by atoms with E-state index < -0.39 is 0 Å². The highest BCUT2D eigenvalue weighted by Crippen LogP contribution is 2.31. The van der Waals surface area contributed by atoms with Gasteiger partial charge in [-0.3, -0.25) is 0 Å². The van der Waals surface area contributed by atoms with Crippen molar-refractivity contribution in [2.24, 2.45) is 0 Å². The first-order chi connectivity index (χ1) is 9.42. The molecule has 3 rings (SSSR count). The number of aromatic nitrogens is 2. The fourth-order valence-electron chi connectivity index (χ4n) is 2.37. The molecular formula is C15H17N3S. The molecule has 0 radical (unpaired) electrons. The molecule has 0 bridgehead atoms. The lowest BCUT2D eigenvalue weighted by Gasteiger charge is -2.32. The van der Waals surface area contributed by atoms with Crippen LogP contribution in [0.1, 0.15) is 12.8 Å². The van der Waals surface area contributed by atoms with E-state index in [1.807, 2.05) is 24.0 Å². The zero-order valence-electron chi connectivity index (χ0n) is 10.8. The van der Waals surface area contributed by atoms with Gasteiger partial charge in [-0.15, -0.1) is 11.8 Å². The number of thioether (sulfide) groups is 1. The third kappa shape index (κ3) is 3.26. The van der Waals surface area contributed by atoms with E-state index in [-0.39, 0.29) is 0 Å². The van der Waals surface area contributed by atoms with Crippen molar-refractivity contribution in [2.75, 3.05) is 18.0 Å². The van der Waals surface area contributed by atoms with Crippen molar-refractivity contribution in [2.45, 2.75) is 23.0 Å². The van der Waals surface area contributed by atoms with E-state index in [0.717, 1.165) is 24.2 Å². The summed E-state index contributed by atoms with van der Waals surface area (Å²) in [6, 6.07) is 12.7. The lowest BCUT2D eigenvalue weighted by molar-refractivity contribution is 0.586. The van der Waals surface area contributed by atoms with Crippen molar-refractivity contribution in [1.82, 2.24) is 9.97 Å². The Kier molecular flexibility index (Phi) is 3.98. The van der Waals surface area contributed by atoms with Crippen LogP contribution in [0.2, 0.25) is 0 Å². The van der Waals surface area contributed by atoms with Gasteiger partial charge in [-0.1, -0.05) is 18.2 Å². The summed E-state index contributed by atoms with van der Waals surface area (Å²) >= 11 is 2.00. The Labute approximate surface area is 118 Å². The molecule has 0 unspecified atom stereocenters. The summed E-state index contributed by atoms with van der Waals surface area (Å²) in [5.74, 6) is 1.05. The Balaban J connectivity index is 1.55. The minimum Gasteiger partial charge on any atom is -0.356 e. The molecule has 1 aromatic carbocycles. The maximum atomic E-state index is 4.32. The van der Waals surface area contributed by atoms with E-state index in [4.69, 9.17) is 0 Å². The first-order valence-corrected chi connectivity index (χ1v) is 7.52. The van der Waals surface area contributed by atoms with Crippen LogP contribution in [0.25, 0.3) is 0 Å². The maximum absolute atomic E-state index is 4.32. The monoisotopic (exact) mass is 271 g/mol. The molecule has 0 atom stereocenters. The molecule has 1 fully saturated rings. The number of nitrogens with zero attached hydrogens (tertiary/aromatic N) is 3. The first kappa shape index (κ1) is 12.5. The molecule has 0 amide bonds. The van der Waals surface area contributed by atoms with Gasteiger partial charge < -0.3 is 4.90 Å². The van der Waals surface area contributed by atoms with Crippen LogP contribution in [-0.2, 0) is 0 Å². The standard InChI is InChI=1S/C15H17N3S/c1-2-4-13(5-3-1)19-14-7-10-18(11-8-14)15-6-9-16-12-17-15/h1-6,9,12,14H,7-8,10-11H2. The lowest BCUT2D eigenvalue weighted by Crippen LogP contribution is -2.35. The predicted octanol–water partition coefficient (Wildman–Crippen LogP) is 3.24. The molecule has 1 aliphatic heterocycles. The van der Waals surface area contributed by atoms with Gasteiger partial charge >= 0.3 is 0 Å². The Morgan fingerprint density at radius 2 is 1.84 bits per heavy atom. The van der Waals surface area contributed by atoms with Crippen molar-refractivity contribution in [3.05, 3.63) is 48.9 Å². The molecule has 4 heteroatoms. The molecule has 2 heterocycles. The van der Waals surface area contributed by atoms with Gasteiger partial charge in [-0.05, 0) is 31.0 Å². The Hall–Kier alpha value is -1.55. The number of hydrogen-bond donors (Lipinski definition) is 0. The van der Waals surface area contributed by atoms with E-state index in [9.17, 15) is 0 Å². The molecule has 98 valence electrons. The Morgan fingerprint density at radius 1 is 1.05 bits per heavy atom. The van der Waals surface area contributed by atoms with Gasteiger partial charge in [0.15, 0.2) is 0 Å². The molecule has 0 spiro atoms. The molecule has 1 aromatic heterocycles. The van der Waals surface area contributed by atoms with Gasteiger partial charge in [-0.2, -0.15) is 0 Å². The van der Waals surface area contributed by atoms with E-state index >= 15 is 0 Å². The van der Waals surface area contributed by atoms with Crippen LogP contribution in [-0.4, -0.2) is 28.3 Å². The lowest BCUT2D eigenvalue weighted by atomic mass is 10.1. The normalized spacial score (nSPS) is 16.5. The summed E-state index contributed by atoms with van der Waals surface area (Å²) in [4.78, 5) is 12.0. The van der Waals surface area contributed by atoms with Crippen molar-refractivity contribution in [1.29, 1.82) is 0 Å². The maximum Gasteiger partial charge on any atom is 0.131 e. The van der Waals surface area contributed by atoms with E-state index in [2.05, 4.69) is 45.2 Å². The van der Waals surface area contributed by atoms with Crippen LogP contribution < -0.4 is 4.90 Å². The number of benzene rings is 1. The van der Waals surface area contributed by atoms with Crippen molar-refractivity contribution >= 4 is 17.6 Å². The zero-order chi connectivity index (χ0) is 12.9. The molecule has 0 aliphatic carbocycles. The summed E-state index contributed by atoms with van der Waals surface area (Å²) in [7, 11) is 0. The average Bonchev–Trinajstić information content (AvgIpc) is 2.50. The fourth-order valence-corrected chi connectivity index (χ4v) is 3.51. The van der Waals surface area contributed by atoms with Crippen molar-refractivity contribution in [3.8, 4) is 0 Å². The molecule has 1 saturated heterocycles. The Bertz CT molecular complexity index is 495. The third-order valence-electron chi connectivity index (χ3n) is 3.38. The predicted molar refractivity (Wildman–Crippen MR) is 79.6 cm³/mol. The number of hydrogen-bond acceptors (Lipinski definition) is 4. The SMILES string of the molecule is c1ccc(SC2CCN(c3ccncn3)CC2)cc1. The highest BCUT2D eigenvalue weighted by atomic mass is 32.2. The van der Waals surface area contributed by atoms with Gasteiger partial charge in [0.1, 0.15) is 12.1 Å². The summed E-state index contributed by atoms with van der Waals surface area (Å²) < 4.78 is 0. The smallest absolute Gasteiger partial charge is 0.131 e. The van der Waals surface area contributed by atoms with Crippen LogP contribution in [0.15, 0.2) is 53.8 Å². The molecule has 0 N–H and O–H groups in total.